The molecule has 0 unspecified atom stereocenters. The lowest BCUT2D eigenvalue weighted by molar-refractivity contribution is -0.121. The Morgan fingerprint density at radius 1 is 1.17 bits per heavy atom. The van der Waals surface area contributed by atoms with Crippen LogP contribution in [0.2, 0.25) is 0 Å². The summed E-state index contributed by atoms with van der Waals surface area (Å²) in [6.45, 7) is 0.251. The van der Waals surface area contributed by atoms with Crippen molar-refractivity contribution < 1.29 is 28.9 Å². The van der Waals surface area contributed by atoms with E-state index in [4.69, 9.17) is 14.2 Å². The second-order valence-electron chi connectivity index (χ2n) is 5.36. The van der Waals surface area contributed by atoms with Crippen LogP contribution in [0.1, 0.15) is 5.56 Å². The lowest BCUT2D eigenvalue weighted by atomic mass is 9.84. The number of phenols is 1. The third-order valence-corrected chi connectivity index (χ3v) is 3.99. The highest BCUT2D eigenvalue weighted by Crippen LogP contribution is 2.35. The zero-order valence-corrected chi connectivity index (χ0v) is 12.8. The highest BCUT2D eigenvalue weighted by atomic mass is 16.5. The van der Waals surface area contributed by atoms with Gasteiger partial charge in [0, 0.05) is 17.6 Å². The summed E-state index contributed by atoms with van der Waals surface area (Å²) < 4.78 is 15.6. The molecule has 1 heterocycles. The fourth-order valence-electron chi connectivity index (χ4n) is 2.86. The molecule has 1 aliphatic carbocycles. The summed E-state index contributed by atoms with van der Waals surface area (Å²) in [5.41, 5.74) is 1.23. The third-order valence-electron chi connectivity index (χ3n) is 3.99. The van der Waals surface area contributed by atoms with Gasteiger partial charge in [-0.2, -0.15) is 0 Å². The van der Waals surface area contributed by atoms with E-state index in [9.17, 15) is 14.7 Å². The number of carbonyl (C=O) groups is 2. The van der Waals surface area contributed by atoms with Gasteiger partial charge in [0.1, 0.15) is 11.5 Å². The zero-order valence-electron chi connectivity index (χ0n) is 12.8. The van der Waals surface area contributed by atoms with Gasteiger partial charge >= 0.3 is 0 Å². The summed E-state index contributed by atoms with van der Waals surface area (Å²) in [5, 5.41) is 9.48. The number of benzene rings is 1. The van der Waals surface area contributed by atoms with Crippen molar-refractivity contribution in [3.63, 3.8) is 0 Å². The maximum Gasteiger partial charge on any atom is 0.228 e. The van der Waals surface area contributed by atoms with Crippen molar-refractivity contribution in [2.24, 2.45) is 5.92 Å². The number of rotatable bonds is 3. The Kier molecular flexibility index (Phi) is 3.82. The van der Waals surface area contributed by atoms with E-state index < -0.39 is 5.78 Å². The van der Waals surface area contributed by atoms with Crippen molar-refractivity contribution in [2.75, 3.05) is 20.8 Å². The molecule has 6 heteroatoms. The van der Waals surface area contributed by atoms with Gasteiger partial charge in [-0.1, -0.05) is 6.07 Å². The highest BCUT2D eigenvalue weighted by molar-refractivity contribution is 6.21. The number of phenolic OH excluding ortho intramolecular Hbond substituents is 1. The molecule has 0 fully saturated rings. The minimum Gasteiger partial charge on any atom is -0.508 e. The molecule has 1 aromatic carbocycles. The first-order valence-electron chi connectivity index (χ1n) is 7.12. The second kappa shape index (κ2) is 5.79. The lowest BCUT2D eigenvalue weighted by Gasteiger charge is -2.28. The molecule has 6 nitrogen and oxygen atoms in total. The van der Waals surface area contributed by atoms with Crippen LogP contribution in [0.15, 0.2) is 41.4 Å². The van der Waals surface area contributed by atoms with E-state index in [0.29, 0.717) is 17.7 Å². The summed E-state index contributed by atoms with van der Waals surface area (Å²) in [6.07, 6.45) is 1.84. The Hall–Kier alpha value is -2.76. The van der Waals surface area contributed by atoms with Crippen LogP contribution in [-0.4, -0.2) is 37.5 Å². The Bertz CT molecular complexity index is 743. The summed E-state index contributed by atoms with van der Waals surface area (Å²) in [4.78, 5) is 24.7. The molecule has 120 valence electrons. The number of hydrogen-bond donors (Lipinski definition) is 1. The standard InChI is InChI=1S/C17H16O6/c1-21-16-13(19)7-12(15(20)17(16)22-2)10-5-9-3-4-11(18)6-14(9)23-8-10/h3-4,6-7,10,18H,5,8H2,1-2H3/t10-/m0/s1. The average molecular weight is 316 g/mol. The number of carbonyl (C=O) groups excluding carboxylic acids is 2. The third kappa shape index (κ3) is 2.56. The molecule has 0 bridgehead atoms. The van der Waals surface area contributed by atoms with E-state index in [1.54, 1.807) is 12.1 Å². The fraction of sp³-hybridized carbons (Fsp3) is 0.294. The summed E-state index contributed by atoms with van der Waals surface area (Å²) in [7, 11) is 2.66. The topological polar surface area (TPSA) is 82.1 Å². The Labute approximate surface area is 133 Å². The SMILES string of the molecule is COC1=C(OC)C(=O)C([C@@H]2COc3cc(O)ccc3C2)=CC1=O. The monoisotopic (exact) mass is 316 g/mol. The summed E-state index contributed by atoms with van der Waals surface area (Å²) >= 11 is 0. The van der Waals surface area contributed by atoms with Crippen molar-refractivity contribution in [3.8, 4) is 11.5 Å². The lowest BCUT2D eigenvalue weighted by Crippen LogP contribution is -2.31. The summed E-state index contributed by atoms with van der Waals surface area (Å²) in [5.74, 6) is -0.451. The van der Waals surface area contributed by atoms with Crippen molar-refractivity contribution in [1.82, 2.24) is 0 Å². The molecule has 23 heavy (non-hydrogen) atoms. The van der Waals surface area contributed by atoms with Crippen LogP contribution in [0.5, 0.6) is 11.5 Å². The van der Waals surface area contributed by atoms with Gasteiger partial charge in [0.05, 0.1) is 20.8 Å². The number of allylic oxidation sites excluding steroid dienone is 2. The molecule has 0 saturated carbocycles. The fourth-order valence-corrected chi connectivity index (χ4v) is 2.86. The molecule has 3 rings (SSSR count). The van der Waals surface area contributed by atoms with Crippen LogP contribution < -0.4 is 4.74 Å². The van der Waals surface area contributed by atoms with E-state index in [2.05, 4.69) is 0 Å². The number of aromatic hydroxyl groups is 1. The smallest absolute Gasteiger partial charge is 0.228 e. The highest BCUT2D eigenvalue weighted by Gasteiger charge is 2.36. The molecule has 0 spiro atoms. The number of ether oxygens (including phenoxy) is 3. The molecule has 1 aromatic rings. The van der Waals surface area contributed by atoms with Crippen LogP contribution in [0.4, 0.5) is 0 Å². The van der Waals surface area contributed by atoms with E-state index in [0.717, 1.165) is 5.56 Å². The first kappa shape index (κ1) is 15.1. The normalized spacial score (nSPS) is 20.6. The van der Waals surface area contributed by atoms with Gasteiger partial charge in [-0.25, -0.2) is 0 Å². The Morgan fingerprint density at radius 2 is 1.91 bits per heavy atom. The van der Waals surface area contributed by atoms with Gasteiger partial charge in [0.15, 0.2) is 0 Å². The maximum absolute atomic E-state index is 12.6. The molecular weight excluding hydrogens is 300 g/mol. The van der Waals surface area contributed by atoms with Gasteiger partial charge in [-0.15, -0.1) is 0 Å². The number of hydrogen-bond acceptors (Lipinski definition) is 6. The van der Waals surface area contributed by atoms with E-state index in [-0.39, 0.29) is 35.6 Å². The molecule has 1 atom stereocenters. The molecule has 0 radical (unpaired) electrons. The predicted molar refractivity (Wildman–Crippen MR) is 79.9 cm³/mol. The Balaban J connectivity index is 1.90. The van der Waals surface area contributed by atoms with Gasteiger partial charge in [-0.3, -0.25) is 9.59 Å². The molecule has 0 aromatic heterocycles. The van der Waals surface area contributed by atoms with Crippen LogP contribution in [-0.2, 0) is 25.5 Å². The van der Waals surface area contributed by atoms with Crippen molar-refractivity contribution in [3.05, 3.63) is 46.9 Å². The molecular formula is C17H16O6. The van der Waals surface area contributed by atoms with E-state index in [1.165, 1.54) is 26.4 Å². The second-order valence-corrected chi connectivity index (χ2v) is 5.36. The molecule has 0 saturated heterocycles. The van der Waals surface area contributed by atoms with Crippen LogP contribution in [0, 0.1) is 5.92 Å². The van der Waals surface area contributed by atoms with E-state index >= 15 is 0 Å². The van der Waals surface area contributed by atoms with E-state index in [1.807, 2.05) is 0 Å². The number of methoxy groups -OCH3 is 2. The van der Waals surface area contributed by atoms with Gasteiger partial charge < -0.3 is 19.3 Å². The minimum absolute atomic E-state index is 0.0773. The van der Waals surface area contributed by atoms with Gasteiger partial charge in [0.25, 0.3) is 0 Å². The largest absolute Gasteiger partial charge is 0.508 e. The average Bonchev–Trinajstić information content (AvgIpc) is 2.55. The molecule has 1 N–H and O–H groups in total. The number of fused-ring (bicyclic) bond motifs is 1. The predicted octanol–water partition coefficient (Wildman–Crippen LogP) is 1.53. The zero-order chi connectivity index (χ0) is 16.6. The van der Waals surface area contributed by atoms with Crippen molar-refractivity contribution in [2.45, 2.75) is 6.42 Å². The minimum atomic E-state index is -0.393. The molecule has 1 aliphatic heterocycles. The first-order chi connectivity index (χ1) is 11.0. The van der Waals surface area contributed by atoms with Crippen LogP contribution in [0.25, 0.3) is 0 Å². The maximum atomic E-state index is 12.6. The van der Waals surface area contributed by atoms with Crippen molar-refractivity contribution >= 4 is 11.6 Å². The Morgan fingerprint density at radius 3 is 2.61 bits per heavy atom. The van der Waals surface area contributed by atoms with Gasteiger partial charge in [-0.05, 0) is 24.1 Å². The summed E-state index contributed by atoms with van der Waals surface area (Å²) in [6, 6.07) is 4.85. The van der Waals surface area contributed by atoms with Crippen molar-refractivity contribution in [1.29, 1.82) is 0 Å². The van der Waals surface area contributed by atoms with Gasteiger partial charge in [0.2, 0.25) is 23.1 Å². The molecule has 0 amide bonds. The molecule has 2 aliphatic rings. The number of Topliss-reactive ketones (excluding diaryl/α,β-unsaturated/α-hetero) is 1. The first-order valence-corrected chi connectivity index (χ1v) is 7.12. The number of ketones is 2. The quantitative estimate of drug-likeness (QED) is 0.852. The van der Waals surface area contributed by atoms with Crippen LogP contribution in [0.3, 0.4) is 0 Å². The van der Waals surface area contributed by atoms with Crippen LogP contribution >= 0.6 is 0 Å².